The predicted molar refractivity (Wildman–Crippen MR) is 148 cm³/mol. The largest absolute Gasteiger partial charge is 0.480 e. The van der Waals surface area contributed by atoms with E-state index in [1.807, 2.05) is 37.3 Å². The molecule has 1 aromatic carbocycles. The molecule has 1 aromatic heterocycles. The lowest BCUT2D eigenvalue weighted by Gasteiger charge is -2.28. The Morgan fingerprint density at radius 2 is 1.87 bits per heavy atom. The number of benzene rings is 1. The van der Waals surface area contributed by atoms with Crippen LogP contribution < -0.4 is 10.1 Å². The normalized spacial score (nSPS) is 18.0. The quantitative estimate of drug-likeness (QED) is 0.294. The molecule has 212 valence electrons. The highest BCUT2D eigenvalue weighted by molar-refractivity contribution is 5.90. The SMILES string of the molecule is C=CCCCCCC(NC(=O)OC(C)(C)C)C(=O)N1C[C@H](Oc2nc3ccccc3nc2CC)C[C@H]1C(=O)O. The van der Waals surface area contributed by atoms with Crippen molar-refractivity contribution in [1.29, 1.82) is 0 Å². The van der Waals surface area contributed by atoms with Crippen LogP contribution >= 0.6 is 0 Å². The second-order valence-electron chi connectivity index (χ2n) is 10.8. The van der Waals surface area contributed by atoms with Crippen molar-refractivity contribution in [2.75, 3.05) is 6.54 Å². The molecule has 0 spiro atoms. The minimum atomic E-state index is -1.13. The number of para-hydroxylation sites is 2. The van der Waals surface area contributed by atoms with Gasteiger partial charge in [0.1, 0.15) is 29.5 Å². The number of rotatable bonds is 12. The Kier molecular flexibility index (Phi) is 10.3. The van der Waals surface area contributed by atoms with Gasteiger partial charge in [0, 0.05) is 6.42 Å². The van der Waals surface area contributed by atoms with Gasteiger partial charge in [0.25, 0.3) is 0 Å². The Balaban J connectivity index is 1.78. The van der Waals surface area contributed by atoms with Crippen molar-refractivity contribution in [1.82, 2.24) is 20.2 Å². The molecule has 2 heterocycles. The fraction of sp³-hybridized carbons (Fsp3) is 0.552. The van der Waals surface area contributed by atoms with Crippen LogP contribution in [0.25, 0.3) is 11.0 Å². The first-order valence-electron chi connectivity index (χ1n) is 13.6. The number of carboxylic acid groups (broad SMARTS) is 1. The standard InChI is InChI=1S/C29H40N4O6/c1-6-8-9-10-11-16-23(32-28(37)39-29(3,4)5)26(34)33-18-19(17-24(33)27(35)36)38-25-20(7-2)30-21-14-12-13-15-22(21)31-25/h6,12-15,19,23-24H,1,7-11,16-18H2,2-5H3,(H,32,37)(H,35,36)/t19-,23?,24+/m1/s1. The van der Waals surface area contributed by atoms with E-state index in [2.05, 4.69) is 21.9 Å². The zero-order valence-electron chi connectivity index (χ0n) is 23.3. The van der Waals surface area contributed by atoms with Crippen LogP contribution in [-0.4, -0.2) is 68.3 Å². The molecular weight excluding hydrogens is 500 g/mol. The molecule has 10 heteroatoms. The number of fused-ring (bicyclic) bond motifs is 1. The number of aliphatic carboxylic acids is 1. The first kappa shape index (κ1) is 29.9. The summed E-state index contributed by atoms with van der Waals surface area (Å²) in [6.45, 7) is 10.9. The van der Waals surface area contributed by atoms with E-state index >= 15 is 0 Å². The third-order valence-electron chi connectivity index (χ3n) is 6.44. The molecule has 3 atom stereocenters. The zero-order chi connectivity index (χ0) is 28.6. The van der Waals surface area contributed by atoms with Crippen LogP contribution in [0, 0.1) is 0 Å². The molecule has 1 aliphatic rings. The summed E-state index contributed by atoms with van der Waals surface area (Å²) >= 11 is 0. The number of nitrogens with zero attached hydrogens (tertiary/aromatic N) is 3. The highest BCUT2D eigenvalue weighted by Gasteiger charge is 2.43. The summed E-state index contributed by atoms with van der Waals surface area (Å²) in [6, 6.07) is 5.44. The summed E-state index contributed by atoms with van der Waals surface area (Å²) in [5.74, 6) is -1.26. The van der Waals surface area contributed by atoms with Crippen LogP contribution in [0.1, 0.15) is 71.9 Å². The Morgan fingerprint density at radius 1 is 1.18 bits per heavy atom. The molecule has 0 saturated carbocycles. The van der Waals surface area contributed by atoms with Crippen LogP contribution in [0.5, 0.6) is 5.88 Å². The maximum absolute atomic E-state index is 13.7. The van der Waals surface area contributed by atoms with Crippen molar-refractivity contribution >= 4 is 29.0 Å². The minimum absolute atomic E-state index is 0.0520. The van der Waals surface area contributed by atoms with E-state index in [-0.39, 0.29) is 13.0 Å². The van der Waals surface area contributed by atoms with Crippen molar-refractivity contribution in [2.24, 2.45) is 0 Å². The number of aryl methyl sites for hydroxylation is 1. The fourth-order valence-corrected chi connectivity index (χ4v) is 4.58. The second kappa shape index (κ2) is 13.4. The van der Waals surface area contributed by atoms with Gasteiger partial charge in [0.15, 0.2) is 0 Å². The number of carbonyl (C=O) groups excluding carboxylic acids is 2. The number of likely N-dealkylation sites (tertiary alicyclic amines) is 1. The molecule has 10 nitrogen and oxygen atoms in total. The van der Waals surface area contributed by atoms with Crippen molar-refractivity contribution in [2.45, 2.75) is 96.4 Å². The zero-order valence-corrected chi connectivity index (χ0v) is 23.3. The fourth-order valence-electron chi connectivity index (χ4n) is 4.58. The molecule has 39 heavy (non-hydrogen) atoms. The summed E-state index contributed by atoms with van der Waals surface area (Å²) in [5, 5.41) is 12.6. The molecule has 1 aliphatic heterocycles. The monoisotopic (exact) mass is 540 g/mol. The van der Waals surface area contributed by atoms with Gasteiger partial charge in [0.2, 0.25) is 11.8 Å². The molecule has 1 unspecified atom stereocenters. The highest BCUT2D eigenvalue weighted by atomic mass is 16.6. The van der Waals surface area contributed by atoms with Crippen molar-refractivity contribution in [3.63, 3.8) is 0 Å². The number of carbonyl (C=O) groups is 3. The maximum atomic E-state index is 13.7. The first-order valence-corrected chi connectivity index (χ1v) is 13.6. The number of nitrogens with one attached hydrogen (secondary N) is 1. The van der Waals surface area contributed by atoms with Gasteiger partial charge in [-0.15, -0.1) is 6.58 Å². The number of hydrogen-bond acceptors (Lipinski definition) is 7. The third-order valence-corrected chi connectivity index (χ3v) is 6.44. The Hall–Kier alpha value is -3.69. The summed E-state index contributed by atoms with van der Waals surface area (Å²) in [7, 11) is 0. The molecular formula is C29H40N4O6. The molecule has 0 bridgehead atoms. The van der Waals surface area contributed by atoms with E-state index < -0.39 is 41.8 Å². The van der Waals surface area contributed by atoms with Crippen molar-refractivity contribution in [3.8, 4) is 5.88 Å². The maximum Gasteiger partial charge on any atom is 0.408 e. The van der Waals surface area contributed by atoms with Crippen LogP contribution in [0.15, 0.2) is 36.9 Å². The topological polar surface area (TPSA) is 131 Å². The van der Waals surface area contributed by atoms with Gasteiger partial charge in [-0.25, -0.2) is 19.6 Å². The Morgan fingerprint density at radius 3 is 2.49 bits per heavy atom. The Bertz CT molecular complexity index is 1180. The van der Waals surface area contributed by atoms with E-state index in [4.69, 9.17) is 9.47 Å². The van der Waals surface area contributed by atoms with Gasteiger partial charge in [0.05, 0.1) is 17.6 Å². The van der Waals surface area contributed by atoms with E-state index in [0.29, 0.717) is 36.4 Å². The average Bonchev–Trinajstić information content (AvgIpc) is 3.30. The van der Waals surface area contributed by atoms with Gasteiger partial charge in [-0.2, -0.15) is 0 Å². The molecule has 2 N–H and O–H groups in total. The summed E-state index contributed by atoms with van der Waals surface area (Å²) in [5.41, 5.74) is 1.34. The number of carboxylic acids is 1. The van der Waals surface area contributed by atoms with Gasteiger partial charge in [-0.1, -0.05) is 38.0 Å². The molecule has 3 rings (SSSR count). The van der Waals surface area contributed by atoms with Gasteiger partial charge >= 0.3 is 12.1 Å². The van der Waals surface area contributed by atoms with Crippen LogP contribution in [0.4, 0.5) is 4.79 Å². The van der Waals surface area contributed by atoms with Crippen molar-refractivity contribution in [3.05, 3.63) is 42.6 Å². The molecule has 1 saturated heterocycles. The molecule has 2 amide bonds. The lowest BCUT2D eigenvalue weighted by molar-refractivity contribution is -0.149. The average molecular weight is 541 g/mol. The number of aromatic nitrogens is 2. The van der Waals surface area contributed by atoms with Crippen molar-refractivity contribution < 1.29 is 29.0 Å². The number of allylic oxidation sites excluding steroid dienone is 1. The molecule has 0 aliphatic carbocycles. The Labute approximate surface area is 229 Å². The van der Waals surface area contributed by atoms with E-state index in [1.54, 1.807) is 20.8 Å². The summed E-state index contributed by atoms with van der Waals surface area (Å²) in [6.07, 6.45) is 4.87. The second-order valence-corrected chi connectivity index (χ2v) is 10.8. The van der Waals surface area contributed by atoms with E-state index in [0.717, 1.165) is 24.8 Å². The summed E-state index contributed by atoms with van der Waals surface area (Å²) in [4.78, 5) is 48.9. The number of hydrogen-bond donors (Lipinski definition) is 2. The van der Waals surface area contributed by atoms with E-state index in [9.17, 15) is 19.5 Å². The van der Waals surface area contributed by atoms with E-state index in [1.165, 1.54) is 4.90 Å². The van der Waals surface area contributed by atoms with Crippen LogP contribution in [0.3, 0.4) is 0 Å². The van der Waals surface area contributed by atoms with Gasteiger partial charge in [-0.3, -0.25) is 4.79 Å². The first-order chi connectivity index (χ1) is 18.5. The number of unbranched alkanes of at least 4 members (excludes halogenated alkanes) is 3. The molecule has 1 fully saturated rings. The number of alkyl carbamates (subject to hydrolysis) is 1. The highest BCUT2D eigenvalue weighted by Crippen LogP contribution is 2.27. The molecule has 2 aromatic rings. The predicted octanol–water partition coefficient (Wildman–Crippen LogP) is 4.65. The smallest absolute Gasteiger partial charge is 0.408 e. The number of amides is 2. The lowest BCUT2D eigenvalue weighted by Crippen LogP contribution is -2.52. The molecule has 0 radical (unpaired) electrons. The van der Waals surface area contributed by atoms with Gasteiger partial charge < -0.3 is 24.8 Å². The number of ether oxygens (including phenoxy) is 2. The lowest BCUT2D eigenvalue weighted by atomic mass is 10.1. The van der Waals surface area contributed by atoms with Gasteiger partial charge in [-0.05, 0) is 58.6 Å². The third kappa shape index (κ3) is 8.40. The van der Waals surface area contributed by atoms with Crippen LogP contribution in [-0.2, 0) is 20.7 Å². The minimum Gasteiger partial charge on any atom is -0.480 e. The van der Waals surface area contributed by atoms with Crippen LogP contribution in [0.2, 0.25) is 0 Å². The summed E-state index contributed by atoms with van der Waals surface area (Å²) < 4.78 is 11.5.